The van der Waals surface area contributed by atoms with E-state index in [9.17, 15) is 4.39 Å². The number of ether oxygens (including phenoxy) is 2. The monoisotopic (exact) mass is 419 g/mol. The molecule has 0 unspecified atom stereocenters. The van der Waals surface area contributed by atoms with Gasteiger partial charge in [-0.1, -0.05) is 41.4 Å². The lowest BCUT2D eigenvalue weighted by atomic mass is 10.2. The van der Waals surface area contributed by atoms with Crippen LogP contribution in [-0.4, -0.2) is 6.61 Å². The Labute approximate surface area is 174 Å². The van der Waals surface area contributed by atoms with Gasteiger partial charge in [0.1, 0.15) is 12.4 Å². The second kappa shape index (κ2) is 9.67. The van der Waals surface area contributed by atoms with E-state index in [0.29, 0.717) is 41.3 Å². The SMILES string of the molecule is CCOc1cc(CNc2ccc(Cl)c(Cl)c2)ccc1OCc1ccc(F)cc1. The third-order valence-electron chi connectivity index (χ3n) is 4.03. The molecule has 0 radical (unpaired) electrons. The van der Waals surface area contributed by atoms with Crippen LogP contribution in [0, 0.1) is 5.82 Å². The molecule has 0 aromatic heterocycles. The van der Waals surface area contributed by atoms with Crippen LogP contribution in [0.1, 0.15) is 18.1 Å². The molecule has 3 nitrogen and oxygen atoms in total. The van der Waals surface area contributed by atoms with Crippen molar-refractivity contribution < 1.29 is 13.9 Å². The van der Waals surface area contributed by atoms with Crippen LogP contribution in [0.4, 0.5) is 10.1 Å². The highest BCUT2D eigenvalue weighted by Crippen LogP contribution is 2.30. The first-order valence-electron chi connectivity index (χ1n) is 8.87. The van der Waals surface area contributed by atoms with Crippen LogP contribution in [0.15, 0.2) is 60.7 Å². The molecule has 0 aliphatic carbocycles. The predicted molar refractivity (Wildman–Crippen MR) is 112 cm³/mol. The molecular formula is C22H20Cl2FNO2. The van der Waals surface area contributed by atoms with E-state index < -0.39 is 0 Å². The van der Waals surface area contributed by atoms with E-state index >= 15 is 0 Å². The van der Waals surface area contributed by atoms with Gasteiger partial charge in [-0.15, -0.1) is 0 Å². The van der Waals surface area contributed by atoms with Crippen LogP contribution >= 0.6 is 23.2 Å². The van der Waals surface area contributed by atoms with Gasteiger partial charge < -0.3 is 14.8 Å². The van der Waals surface area contributed by atoms with Crippen LogP contribution in [0.2, 0.25) is 10.0 Å². The van der Waals surface area contributed by atoms with Crippen molar-refractivity contribution in [2.45, 2.75) is 20.1 Å². The Hall–Kier alpha value is -2.43. The van der Waals surface area contributed by atoms with E-state index in [1.54, 1.807) is 24.3 Å². The van der Waals surface area contributed by atoms with Crippen molar-refractivity contribution in [2.24, 2.45) is 0 Å². The zero-order valence-electron chi connectivity index (χ0n) is 15.3. The van der Waals surface area contributed by atoms with Gasteiger partial charge in [-0.2, -0.15) is 0 Å². The molecule has 0 spiro atoms. The Kier molecular flexibility index (Phi) is 7.01. The number of benzene rings is 3. The minimum atomic E-state index is -0.266. The molecule has 0 amide bonds. The molecule has 0 atom stereocenters. The van der Waals surface area contributed by atoms with Crippen LogP contribution in [0.5, 0.6) is 11.5 Å². The molecule has 146 valence electrons. The zero-order chi connectivity index (χ0) is 19.9. The second-order valence-corrected chi connectivity index (χ2v) is 6.93. The van der Waals surface area contributed by atoms with Crippen molar-refractivity contribution in [3.8, 4) is 11.5 Å². The largest absolute Gasteiger partial charge is 0.490 e. The lowest BCUT2D eigenvalue weighted by molar-refractivity contribution is 0.269. The van der Waals surface area contributed by atoms with Crippen LogP contribution in [0.25, 0.3) is 0 Å². The van der Waals surface area contributed by atoms with Gasteiger partial charge >= 0.3 is 0 Å². The number of rotatable bonds is 8. The first kappa shape index (κ1) is 20.3. The fraction of sp³-hybridized carbons (Fsp3) is 0.182. The Balaban J connectivity index is 1.67. The minimum Gasteiger partial charge on any atom is -0.490 e. The van der Waals surface area contributed by atoms with E-state index in [1.807, 2.05) is 31.2 Å². The summed E-state index contributed by atoms with van der Waals surface area (Å²) in [6.07, 6.45) is 0. The van der Waals surface area contributed by atoms with Crippen LogP contribution in [-0.2, 0) is 13.2 Å². The number of nitrogens with one attached hydrogen (secondary N) is 1. The van der Waals surface area contributed by atoms with Crippen LogP contribution < -0.4 is 14.8 Å². The number of halogens is 3. The molecule has 0 aliphatic rings. The van der Waals surface area contributed by atoms with Crippen molar-refractivity contribution in [1.82, 2.24) is 0 Å². The van der Waals surface area contributed by atoms with Gasteiger partial charge in [0.2, 0.25) is 0 Å². The fourth-order valence-electron chi connectivity index (χ4n) is 2.60. The molecule has 0 fully saturated rings. The summed E-state index contributed by atoms with van der Waals surface area (Å²) < 4.78 is 24.6. The Morgan fingerprint density at radius 3 is 2.29 bits per heavy atom. The number of anilines is 1. The molecule has 3 aromatic carbocycles. The van der Waals surface area contributed by atoms with Gasteiger partial charge in [-0.05, 0) is 60.5 Å². The van der Waals surface area contributed by atoms with Crippen molar-refractivity contribution in [3.63, 3.8) is 0 Å². The van der Waals surface area contributed by atoms with Gasteiger partial charge in [0.05, 0.1) is 16.7 Å². The quantitative estimate of drug-likeness (QED) is 0.439. The predicted octanol–water partition coefficient (Wildman–Crippen LogP) is 6.72. The summed E-state index contributed by atoms with van der Waals surface area (Å²) in [5.74, 6) is 1.04. The lowest BCUT2D eigenvalue weighted by Crippen LogP contribution is -2.03. The summed E-state index contributed by atoms with van der Waals surface area (Å²) in [6.45, 7) is 3.37. The normalized spacial score (nSPS) is 10.6. The first-order chi connectivity index (χ1) is 13.5. The van der Waals surface area contributed by atoms with E-state index in [-0.39, 0.29) is 5.82 Å². The maximum Gasteiger partial charge on any atom is 0.161 e. The van der Waals surface area contributed by atoms with E-state index in [2.05, 4.69) is 5.32 Å². The summed E-state index contributed by atoms with van der Waals surface area (Å²) in [6, 6.07) is 17.4. The lowest BCUT2D eigenvalue weighted by Gasteiger charge is -2.14. The molecule has 0 saturated heterocycles. The zero-order valence-corrected chi connectivity index (χ0v) is 16.9. The summed E-state index contributed by atoms with van der Waals surface area (Å²) in [7, 11) is 0. The molecular weight excluding hydrogens is 400 g/mol. The number of hydrogen-bond acceptors (Lipinski definition) is 3. The summed E-state index contributed by atoms with van der Waals surface area (Å²) in [5, 5.41) is 4.33. The molecule has 0 saturated carbocycles. The van der Waals surface area contributed by atoms with Gasteiger partial charge in [0.25, 0.3) is 0 Å². The number of hydrogen-bond donors (Lipinski definition) is 1. The first-order valence-corrected chi connectivity index (χ1v) is 9.62. The Morgan fingerprint density at radius 1 is 0.821 bits per heavy atom. The highest BCUT2D eigenvalue weighted by molar-refractivity contribution is 6.42. The van der Waals surface area contributed by atoms with E-state index in [4.69, 9.17) is 32.7 Å². The summed E-state index contributed by atoms with van der Waals surface area (Å²) in [5.41, 5.74) is 2.79. The maximum absolute atomic E-state index is 13.0. The third kappa shape index (κ3) is 5.54. The van der Waals surface area contributed by atoms with Crippen molar-refractivity contribution >= 4 is 28.9 Å². The maximum atomic E-state index is 13.0. The summed E-state index contributed by atoms with van der Waals surface area (Å²) in [4.78, 5) is 0. The van der Waals surface area contributed by atoms with Crippen molar-refractivity contribution in [2.75, 3.05) is 11.9 Å². The summed E-state index contributed by atoms with van der Waals surface area (Å²) >= 11 is 12.0. The van der Waals surface area contributed by atoms with E-state index in [1.165, 1.54) is 12.1 Å². The van der Waals surface area contributed by atoms with Crippen LogP contribution in [0.3, 0.4) is 0 Å². The highest BCUT2D eigenvalue weighted by atomic mass is 35.5. The Morgan fingerprint density at radius 2 is 1.57 bits per heavy atom. The van der Waals surface area contributed by atoms with Gasteiger partial charge in [0.15, 0.2) is 11.5 Å². The standard InChI is InChI=1S/C22H20Cl2FNO2/c1-2-27-22-11-16(13-26-18-8-9-19(23)20(24)12-18)5-10-21(22)28-14-15-3-6-17(25)7-4-15/h3-12,26H,2,13-14H2,1H3. The highest BCUT2D eigenvalue weighted by Gasteiger charge is 2.08. The average molecular weight is 420 g/mol. The van der Waals surface area contributed by atoms with Crippen molar-refractivity contribution in [3.05, 3.63) is 87.7 Å². The molecule has 0 aliphatic heterocycles. The van der Waals surface area contributed by atoms with Gasteiger partial charge in [0, 0.05) is 12.2 Å². The fourth-order valence-corrected chi connectivity index (χ4v) is 2.90. The third-order valence-corrected chi connectivity index (χ3v) is 4.77. The molecule has 0 heterocycles. The second-order valence-electron chi connectivity index (χ2n) is 6.11. The molecule has 0 bridgehead atoms. The average Bonchev–Trinajstić information content (AvgIpc) is 2.69. The van der Waals surface area contributed by atoms with Gasteiger partial charge in [-0.3, -0.25) is 0 Å². The molecule has 3 aromatic rings. The van der Waals surface area contributed by atoms with E-state index in [0.717, 1.165) is 16.8 Å². The molecule has 28 heavy (non-hydrogen) atoms. The molecule has 6 heteroatoms. The minimum absolute atomic E-state index is 0.266. The topological polar surface area (TPSA) is 30.5 Å². The van der Waals surface area contributed by atoms with Gasteiger partial charge in [-0.25, -0.2) is 4.39 Å². The molecule has 3 rings (SSSR count). The molecule has 1 N–H and O–H groups in total. The Bertz CT molecular complexity index is 932. The van der Waals surface area contributed by atoms with Crippen molar-refractivity contribution in [1.29, 1.82) is 0 Å². The smallest absolute Gasteiger partial charge is 0.161 e.